The Bertz CT molecular complexity index is 1380. The standard InChI is InChI=1S/C34H48N2O8/c37-29(38)19-15-11-7-3-1-5-9-13-17-21-35-31(41)25-23-27-28(24-26(25)32(35)42)34(44)36(33(27)43)22-18-14-10-6-2-4-8-12-16-20-30(39)40/h23-24H,1-22H2,(H,37,38)(H,39,40). The number of carboxylic acids is 2. The van der Waals surface area contributed by atoms with Crippen molar-refractivity contribution < 1.29 is 19.8 Å². The van der Waals surface area contributed by atoms with Crippen molar-refractivity contribution in [3.8, 4) is 0 Å². The smallest absolute Gasteiger partial charge is 0.303 e. The minimum atomic E-state index is -0.745. The van der Waals surface area contributed by atoms with Gasteiger partial charge >= 0.3 is 11.9 Å². The molecule has 10 heteroatoms. The number of carbonyl (C=O) groups is 2. The van der Waals surface area contributed by atoms with E-state index in [-0.39, 0.29) is 34.4 Å². The third-order valence-corrected chi connectivity index (χ3v) is 8.60. The molecule has 0 fully saturated rings. The molecule has 0 saturated heterocycles. The van der Waals surface area contributed by atoms with Crippen LogP contribution in [0.4, 0.5) is 0 Å². The maximum Gasteiger partial charge on any atom is 0.303 e. The van der Waals surface area contributed by atoms with Crippen LogP contribution < -0.4 is 22.2 Å². The molecule has 0 unspecified atom stereocenters. The van der Waals surface area contributed by atoms with Gasteiger partial charge in [-0.3, -0.25) is 37.9 Å². The number of nitrogens with zero attached hydrogens (tertiary/aromatic N) is 2. The summed E-state index contributed by atoms with van der Waals surface area (Å²) in [5.41, 5.74) is -1.63. The molecule has 242 valence electrons. The third kappa shape index (κ3) is 10.3. The molecule has 10 nitrogen and oxygen atoms in total. The Kier molecular flexibility index (Phi) is 14.5. The summed E-state index contributed by atoms with van der Waals surface area (Å²) in [6.07, 6.45) is 17.5. The van der Waals surface area contributed by atoms with Gasteiger partial charge in [-0.1, -0.05) is 89.9 Å². The Morgan fingerprint density at radius 1 is 0.409 bits per heavy atom. The number of carboxylic acid groups (broad SMARTS) is 2. The summed E-state index contributed by atoms with van der Waals surface area (Å²) < 4.78 is 2.45. The summed E-state index contributed by atoms with van der Waals surface area (Å²) in [6.45, 7) is 0.621. The number of aromatic nitrogens is 2. The lowest BCUT2D eigenvalue weighted by molar-refractivity contribution is -0.138. The van der Waals surface area contributed by atoms with Crippen molar-refractivity contribution in [1.82, 2.24) is 9.13 Å². The molecule has 0 atom stereocenters. The van der Waals surface area contributed by atoms with E-state index in [9.17, 15) is 28.8 Å². The minimum Gasteiger partial charge on any atom is -0.481 e. The average molecular weight is 613 g/mol. The first-order valence-corrected chi connectivity index (χ1v) is 16.6. The van der Waals surface area contributed by atoms with Crippen LogP contribution in [0.2, 0.25) is 0 Å². The van der Waals surface area contributed by atoms with E-state index in [4.69, 9.17) is 10.2 Å². The zero-order valence-corrected chi connectivity index (χ0v) is 25.9. The van der Waals surface area contributed by atoms with Crippen molar-refractivity contribution in [2.75, 3.05) is 0 Å². The molecule has 0 saturated carbocycles. The van der Waals surface area contributed by atoms with Crippen molar-refractivity contribution in [2.45, 2.75) is 142 Å². The van der Waals surface area contributed by atoms with Crippen LogP contribution in [-0.4, -0.2) is 31.3 Å². The monoisotopic (exact) mass is 612 g/mol. The van der Waals surface area contributed by atoms with Crippen LogP contribution in [0.1, 0.15) is 128 Å². The maximum atomic E-state index is 13.0. The summed E-state index contributed by atoms with van der Waals surface area (Å²) in [4.78, 5) is 73.2. The van der Waals surface area contributed by atoms with Crippen molar-refractivity contribution in [3.63, 3.8) is 0 Å². The van der Waals surface area contributed by atoms with E-state index >= 15 is 0 Å². The van der Waals surface area contributed by atoms with Gasteiger partial charge in [0.1, 0.15) is 0 Å². The van der Waals surface area contributed by atoms with Crippen molar-refractivity contribution in [2.24, 2.45) is 0 Å². The quantitative estimate of drug-likeness (QED) is 0.119. The van der Waals surface area contributed by atoms with E-state index in [1.54, 1.807) is 0 Å². The van der Waals surface area contributed by atoms with Crippen LogP contribution in [0.15, 0.2) is 31.3 Å². The number of unbranched alkanes of at least 4 members (excludes halogenated alkanes) is 16. The molecule has 0 amide bonds. The molecule has 0 aliphatic carbocycles. The first-order valence-electron chi connectivity index (χ1n) is 16.6. The Labute approximate surface area is 257 Å². The second-order valence-corrected chi connectivity index (χ2v) is 12.1. The number of aliphatic carboxylic acids is 2. The molecular formula is C34H48N2O8. The summed E-state index contributed by atoms with van der Waals surface area (Å²) in [5.74, 6) is -1.49. The Morgan fingerprint density at radius 2 is 0.636 bits per heavy atom. The lowest BCUT2D eigenvalue weighted by Gasteiger charge is -2.03. The zero-order chi connectivity index (χ0) is 31.9. The number of fused-ring (bicyclic) bond motifs is 2. The molecule has 0 spiro atoms. The highest BCUT2D eigenvalue weighted by Crippen LogP contribution is 2.16. The fourth-order valence-electron chi connectivity index (χ4n) is 6.05. The fraction of sp³-hybridized carbons (Fsp3) is 0.647. The van der Waals surface area contributed by atoms with Crippen molar-refractivity contribution in [1.29, 1.82) is 0 Å². The topological polar surface area (TPSA) is 153 Å². The molecule has 0 aliphatic rings. The molecule has 0 bridgehead atoms. The van der Waals surface area contributed by atoms with Crippen LogP contribution in [0.5, 0.6) is 0 Å². The van der Waals surface area contributed by atoms with Crippen LogP contribution >= 0.6 is 0 Å². The second-order valence-electron chi connectivity index (χ2n) is 12.1. The lowest BCUT2D eigenvalue weighted by atomic mass is 10.1. The SMILES string of the molecule is O=C(O)CCCCCCCCCCCn1c(=O)c2cc3c(=O)n(CCCCCCCCCCCC(=O)O)c(=O)c3cc2c1=O. The molecule has 3 rings (SSSR count). The van der Waals surface area contributed by atoms with Crippen molar-refractivity contribution in [3.05, 3.63) is 53.5 Å². The average Bonchev–Trinajstić information content (AvgIpc) is 3.36. The van der Waals surface area contributed by atoms with E-state index < -0.39 is 34.2 Å². The first-order chi connectivity index (χ1) is 21.2. The number of benzene rings is 1. The van der Waals surface area contributed by atoms with Gasteiger partial charge in [-0.15, -0.1) is 0 Å². The summed E-state index contributed by atoms with van der Waals surface area (Å²) in [5, 5.41) is 18.1. The number of rotatable bonds is 24. The van der Waals surface area contributed by atoms with Gasteiger partial charge in [0.15, 0.2) is 0 Å². The van der Waals surface area contributed by atoms with E-state index in [0.29, 0.717) is 25.9 Å². The van der Waals surface area contributed by atoms with E-state index in [0.717, 1.165) is 103 Å². The van der Waals surface area contributed by atoms with E-state index in [2.05, 4.69) is 0 Å². The van der Waals surface area contributed by atoms with Gasteiger partial charge in [-0.2, -0.15) is 0 Å². The maximum absolute atomic E-state index is 13.0. The molecule has 2 heterocycles. The fourth-order valence-corrected chi connectivity index (χ4v) is 6.05. The Hall–Kier alpha value is -3.56. The van der Waals surface area contributed by atoms with Gasteiger partial charge < -0.3 is 10.2 Å². The van der Waals surface area contributed by atoms with Crippen molar-refractivity contribution >= 4 is 33.5 Å². The van der Waals surface area contributed by atoms with Crippen LogP contribution in [0.3, 0.4) is 0 Å². The molecule has 3 aromatic rings. The Morgan fingerprint density at radius 3 is 0.886 bits per heavy atom. The molecule has 1 aromatic carbocycles. The second kappa shape index (κ2) is 18.3. The number of hydrogen-bond donors (Lipinski definition) is 2. The molecule has 2 aromatic heterocycles. The largest absolute Gasteiger partial charge is 0.481 e. The highest BCUT2D eigenvalue weighted by Gasteiger charge is 2.19. The molecule has 2 N–H and O–H groups in total. The first kappa shape index (κ1) is 34.9. The lowest BCUT2D eigenvalue weighted by Crippen LogP contribution is -2.26. The summed E-state index contributed by atoms with van der Waals surface area (Å²) in [6, 6.07) is 2.86. The molecule has 44 heavy (non-hydrogen) atoms. The third-order valence-electron chi connectivity index (χ3n) is 8.60. The van der Waals surface area contributed by atoms with Gasteiger partial charge in [-0.05, 0) is 37.8 Å². The zero-order valence-electron chi connectivity index (χ0n) is 25.9. The Balaban J connectivity index is 1.44. The van der Waals surface area contributed by atoms with E-state index in [1.165, 1.54) is 21.3 Å². The predicted molar refractivity (Wildman–Crippen MR) is 172 cm³/mol. The van der Waals surface area contributed by atoms with Gasteiger partial charge in [0.2, 0.25) is 0 Å². The molecule has 0 radical (unpaired) electrons. The summed E-state index contributed by atoms with van der Waals surface area (Å²) >= 11 is 0. The normalized spacial score (nSPS) is 11.6. The highest BCUT2D eigenvalue weighted by atomic mass is 16.4. The minimum absolute atomic E-state index is 0.197. The molecule has 0 aliphatic heterocycles. The number of hydrogen-bond acceptors (Lipinski definition) is 6. The van der Waals surface area contributed by atoms with Gasteiger partial charge in [0, 0.05) is 25.9 Å². The van der Waals surface area contributed by atoms with Crippen LogP contribution in [0, 0.1) is 0 Å². The van der Waals surface area contributed by atoms with Gasteiger partial charge in [0.05, 0.1) is 21.5 Å². The predicted octanol–water partition coefficient (Wildman–Crippen LogP) is 5.88. The van der Waals surface area contributed by atoms with Crippen LogP contribution in [0.25, 0.3) is 21.5 Å². The van der Waals surface area contributed by atoms with Gasteiger partial charge in [-0.25, -0.2) is 0 Å². The molecular weight excluding hydrogens is 564 g/mol. The highest BCUT2D eigenvalue weighted by molar-refractivity contribution is 5.97. The van der Waals surface area contributed by atoms with Crippen LogP contribution in [-0.2, 0) is 22.7 Å². The van der Waals surface area contributed by atoms with Gasteiger partial charge in [0.25, 0.3) is 22.2 Å². The summed E-state index contributed by atoms with van der Waals surface area (Å²) in [7, 11) is 0. The van der Waals surface area contributed by atoms with E-state index in [1.807, 2.05) is 0 Å².